The van der Waals surface area contributed by atoms with E-state index in [1.54, 1.807) is 6.20 Å². The van der Waals surface area contributed by atoms with Crippen molar-refractivity contribution >= 4 is 17.5 Å². The number of para-hydroxylation sites is 1. The van der Waals surface area contributed by atoms with Crippen molar-refractivity contribution in [3.8, 4) is 5.69 Å². The molecule has 104 valence electrons. The molecule has 0 N–H and O–H groups in total. The van der Waals surface area contributed by atoms with Crippen LogP contribution < -0.4 is 0 Å². The van der Waals surface area contributed by atoms with Crippen LogP contribution >= 0.6 is 11.8 Å². The fourth-order valence-corrected chi connectivity index (χ4v) is 2.89. The second-order valence-electron chi connectivity index (χ2n) is 4.49. The number of nitrogens with zero attached hydrogens (tertiary/aromatic N) is 2. The Bertz CT molecular complexity index is 723. The molecule has 0 amide bonds. The average molecular weight is 294 g/mol. The van der Waals surface area contributed by atoms with Crippen molar-refractivity contribution in [1.82, 2.24) is 9.55 Å². The van der Waals surface area contributed by atoms with Crippen LogP contribution in [0.4, 0.5) is 0 Å². The molecule has 0 saturated heterocycles. The number of rotatable bonds is 5. The first kappa shape index (κ1) is 13.6. The van der Waals surface area contributed by atoms with E-state index in [0.717, 1.165) is 16.4 Å². The first-order valence-corrected chi connectivity index (χ1v) is 7.63. The number of hydrogen-bond donors (Lipinski definition) is 0. The van der Waals surface area contributed by atoms with Crippen molar-refractivity contribution in [2.45, 2.75) is 5.16 Å². The number of Topliss-reactive ketones (excluding diaryl/α,β-unsaturated/α-hetero) is 1. The first-order chi connectivity index (χ1) is 10.3. The number of benzene rings is 2. The van der Waals surface area contributed by atoms with Gasteiger partial charge in [-0.2, -0.15) is 0 Å². The summed E-state index contributed by atoms with van der Waals surface area (Å²) in [5.74, 6) is 0.497. The van der Waals surface area contributed by atoms with Gasteiger partial charge in [-0.15, -0.1) is 0 Å². The van der Waals surface area contributed by atoms with Crippen molar-refractivity contribution < 1.29 is 4.79 Å². The summed E-state index contributed by atoms with van der Waals surface area (Å²) in [4.78, 5) is 16.5. The van der Waals surface area contributed by atoms with Crippen LogP contribution in [0.5, 0.6) is 0 Å². The van der Waals surface area contributed by atoms with Gasteiger partial charge in [-0.05, 0) is 12.1 Å². The maximum atomic E-state index is 12.1. The second kappa shape index (κ2) is 6.41. The van der Waals surface area contributed by atoms with Crippen molar-refractivity contribution in [3.05, 3.63) is 78.6 Å². The largest absolute Gasteiger partial charge is 0.295 e. The third-order valence-electron chi connectivity index (χ3n) is 3.07. The molecule has 0 unspecified atom stereocenters. The number of carbonyl (C=O) groups excluding carboxylic acids is 1. The Balaban J connectivity index is 1.73. The number of aromatic nitrogens is 2. The average Bonchev–Trinajstić information content (AvgIpc) is 3.03. The molecule has 3 rings (SSSR count). The molecular weight excluding hydrogens is 280 g/mol. The van der Waals surface area contributed by atoms with E-state index in [0.29, 0.717) is 5.75 Å². The highest BCUT2D eigenvalue weighted by Gasteiger charge is 2.10. The quantitative estimate of drug-likeness (QED) is 0.529. The Morgan fingerprint density at radius 2 is 1.67 bits per heavy atom. The molecule has 2 aromatic carbocycles. The Morgan fingerprint density at radius 1 is 1.00 bits per heavy atom. The molecule has 0 fully saturated rings. The SMILES string of the molecule is O=C(CSc1nccn1-c1ccccc1)c1ccccc1. The fourth-order valence-electron chi connectivity index (χ4n) is 2.02. The van der Waals surface area contributed by atoms with Gasteiger partial charge in [-0.1, -0.05) is 60.3 Å². The van der Waals surface area contributed by atoms with E-state index in [4.69, 9.17) is 0 Å². The molecule has 1 heterocycles. The number of carbonyl (C=O) groups is 1. The molecule has 0 spiro atoms. The highest BCUT2D eigenvalue weighted by Crippen LogP contribution is 2.21. The summed E-state index contributed by atoms with van der Waals surface area (Å²) in [7, 11) is 0. The molecule has 0 aliphatic rings. The van der Waals surface area contributed by atoms with Crippen LogP contribution in [0.1, 0.15) is 10.4 Å². The van der Waals surface area contributed by atoms with Crippen LogP contribution in [0.2, 0.25) is 0 Å². The van der Waals surface area contributed by atoms with Gasteiger partial charge in [0.25, 0.3) is 0 Å². The van der Waals surface area contributed by atoms with Gasteiger partial charge in [0.1, 0.15) is 0 Å². The monoisotopic (exact) mass is 294 g/mol. The molecule has 0 aliphatic carbocycles. The predicted molar refractivity (Wildman–Crippen MR) is 85.1 cm³/mol. The van der Waals surface area contributed by atoms with Gasteiger partial charge in [0.15, 0.2) is 10.9 Å². The van der Waals surface area contributed by atoms with E-state index >= 15 is 0 Å². The molecule has 0 aliphatic heterocycles. The van der Waals surface area contributed by atoms with Crippen molar-refractivity contribution in [3.63, 3.8) is 0 Å². The topological polar surface area (TPSA) is 34.9 Å². The summed E-state index contributed by atoms with van der Waals surface area (Å²) >= 11 is 1.45. The summed E-state index contributed by atoms with van der Waals surface area (Å²) in [6.07, 6.45) is 3.66. The van der Waals surface area contributed by atoms with Crippen LogP contribution in [0.3, 0.4) is 0 Å². The Morgan fingerprint density at radius 3 is 2.38 bits per heavy atom. The lowest BCUT2D eigenvalue weighted by atomic mass is 10.2. The van der Waals surface area contributed by atoms with Gasteiger partial charge in [0.05, 0.1) is 5.75 Å². The van der Waals surface area contributed by atoms with Gasteiger partial charge >= 0.3 is 0 Å². The zero-order valence-electron chi connectivity index (χ0n) is 11.3. The minimum absolute atomic E-state index is 0.114. The van der Waals surface area contributed by atoms with Gasteiger partial charge in [0, 0.05) is 23.6 Å². The highest BCUT2D eigenvalue weighted by molar-refractivity contribution is 7.99. The fraction of sp³-hybridized carbons (Fsp3) is 0.0588. The Labute approximate surface area is 127 Å². The third-order valence-corrected chi connectivity index (χ3v) is 4.04. The molecule has 1 aromatic heterocycles. The van der Waals surface area contributed by atoms with Gasteiger partial charge in [-0.3, -0.25) is 9.36 Å². The number of hydrogen-bond acceptors (Lipinski definition) is 3. The first-order valence-electron chi connectivity index (χ1n) is 6.64. The number of ketones is 1. The molecule has 3 aromatic rings. The third kappa shape index (κ3) is 3.23. The smallest absolute Gasteiger partial charge is 0.173 e. The van der Waals surface area contributed by atoms with E-state index in [9.17, 15) is 4.79 Å². The van der Waals surface area contributed by atoms with Crippen LogP contribution in [0.25, 0.3) is 5.69 Å². The van der Waals surface area contributed by atoms with Crippen molar-refractivity contribution in [1.29, 1.82) is 0 Å². The molecule has 4 heteroatoms. The standard InChI is InChI=1S/C17H14N2OS/c20-16(14-7-3-1-4-8-14)13-21-17-18-11-12-19(17)15-9-5-2-6-10-15/h1-12H,13H2. The van der Waals surface area contributed by atoms with Crippen LogP contribution in [0.15, 0.2) is 78.2 Å². The number of thioether (sulfide) groups is 1. The lowest BCUT2D eigenvalue weighted by Crippen LogP contribution is -2.03. The van der Waals surface area contributed by atoms with E-state index < -0.39 is 0 Å². The van der Waals surface area contributed by atoms with Gasteiger partial charge in [-0.25, -0.2) is 4.98 Å². The molecule has 0 atom stereocenters. The normalized spacial score (nSPS) is 10.5. The molecule has 3 nitrogen and oxygen atoms in total. The van der Waals surface area contributed by atoms with Crippen molar-refractivity contribution in [2.75, 3.05) is 5.75 Å². The van der Waals surface area contributed by atoms with E-state index in [2.05, 4.69) is 4.98 Å². The summed E-state index contributed by atoms with van der Waals surface area (Å²) in [5.41, 5.74) is 1.78. The summed E-state index contributed by atoms with van der Waals surface area (Å²) in [5, 5.41) is 0.825. The zero-order valence-corrected chi connectivity index (χ0v) is 12.2. The Hall–Kier alpha value is -2.33. The maximum absolute atomic E-state index is 12.1. The second-order valence-corrected chi connectivity index (χ2v) is 5.44. The molecule has 0 bridgehead atoms. The van der Waals surface area contributed by atoms with Crippen molar-refractivity contribution in [2.24, 2.45) is 0 Å². The minimum Gasteiger partial charge on any atom is -0.295 e. The van der Waals surface area contributed by atoms with E-state index in [1.165, 1.54) is 11.8 Å². The Kier molecular flexibility index (Phi) is 4.17. The summed E-state index contributed by atoms with van der Waals surface area (Å²) < 4.78 is 1.99. The lowest BCUT2D eigenvalue weighted by molar-refractivity contribution is 0.102. The van der Waals surface area contributed by atoms with Crippen LogP contribution in [-0.2, 0) is 0 Å². The van der Waals surface area contributed by atoms with Gasteiger partial charge < -0.3 is 0 Å². The number of imidazole rings is 1. The molecular formula is C17H14N2OS. The summed E-state index contributed by atoms with van der Waals surface area (Å²) in [6.45, 7) is 0. The van der Waals surface area contributed by atoms with E-state index in [-0.39, 0.29) is 5.78 Å². The minimum atomic E-state index is 0.114. The summed E-state index contributed by atoms with van der Waals surface area (Å²) in [6, 6.07) is 19.3. The lowest BCUT2D eigenvalue weighted by Gasteiger charge is -2.06. The van der Waals surface area contributed by atoms with Crippen LogP contribution in [0, 0.1) is 0 Å². The predicted octanol–water partition coefficient (Wildman–Crippen LogP) is 3.85. The van der Waals surface area contributed by atoms with Gasteiger partial charge in [0.2, 0.25) is 0 Å². The molecule has 0 radical (unpaired) electrons. The maximum Gasteiger partial charge on any atom is 0.173 e. The highest BCUT2D eigenvalue weighted by atomic mass is 32.2. The van der Waals surface area contributed by atoms with E-state index in [1.807, 2.05) is 71.4 Å². The van der Waals surface area contributed by atoms with Crippen LogP contribution in [-0.4, -0.2) is 21.1 Å². The molecule has 21 heavy (non-hydrogen) atoms. The molecule has 0 saturated carbocycles. The zero-order chi connectivity index (χ0) is 14.5.